The lowest BCUT2D eigenvalue weighted by Gasteiger charge is -2.17. The predicted molar refractivity (Wildman–Crippen MR) is 96.1 cm³/mol. The van der Waals surface area contributed by atoms with E-state index in [1.54, 1.807) is 0 Å². The molecule has 2 aliphatic rings. The summed E-state index contributed by atoms with van der Waals surface area (Å²) in [6, 6.07) is 0. The van der Waals surface area contributed by atoms with Crippen LogP contribution in [0.25, 0.3) is 0 Å². The Kier molecular flexibility index (Phi) is 8.67. The Hall–Kier alpha value is -0.650. The molecule has 25 heavy (non-hydrogen) atoms. The Morgan fingerprint density at radius 1 is 1.00 bits per heavy atom. The van der Waals surface area contributed by atoms with Gasteiger partial charge in [-0.05, 0) is 46.0 Å². The molecule has 5 nitrogen and oxygen atoms in total. The number of cyclic esters (lactones) is 1. The van der Waals surface area contributed by atoms with Crippen LogP contribution >= 0.6 is 0 Å². The van der Waals surface area contributed by atoms with Crippen LogP contribution in [0.3, 0.4) is 0 Å². The molecule has 2 rings (SSSR count). The zero-order chi connectivity index (χ0) is 18.1. The van der Waals surface area contributed by atoms with Crippen LogP contribution < -0.4 is 0 Å². The van der Waals surface area contributed by atoms with Gasteiger partial charge in [0.25, 0.3) is 0 Å². The molecule has 0 aromatic carbocycles. The van der Waals surface area contributed by atoms with Gasteiger partial charge in [-0.2, -0.15) is 0 Å². The average Bonchev–Trinajstić information content (AvgIpc) is 3.08. The van der Waals surface area contributed by atoms with Gasteiger partial charge in [0, 0.05) is 6.61 Å². The Labute approximate surface area is 152 Å². The van der Waals surface area contributed by atoms with Gasteiger partial charge in [0.15, 0.2) is 5.79 Å². The summed E-state index contributed by atoms with van der Waals surface area (Å²) >= 11 is 0. The molecule has 0 aromatic rings. The average molecular weight is 357 g/mol. The van der Waals surface area contributed by atoms with Crippen molar-refractivity contribution in [2.24, 2.45) is 5.92 Å². The van der Waals surface area contributed by atoms with E-state index in [4.69, 9.17) is 19.3 Å². The number of hydrogen-bond donors (Lipinski definition) is 1. The van der Waals surface area contributed by atoms with E-state index in [1.165, 1.54) is 32.1 Å². The molecule has 0 amide bonds. The minimum atomic E-state index is -0.523. The number of carbonyl (C=O) groups is 1. The summed E-state index contributed by atoms with van der Waals surface area (Å²) in [5.41, 5.74) is 0. The molecule has 0 aromatic heterocycles. The fourth-order valence-electron chi connectivity index (χ4n) is 3.83. The van der Waals surface area contributed by atoms with Gasteiger partial charge in [0.05, 0.1) is 18.6 Å². The summed E-state index contributed by atoms with van der Waals surface area (Å²) in [6.45, 7) is 4.71. The third-order valence-corrected chi connectivity index (χ3v) is 5.21. The van der Waals surface area contributed by atoms with Crippen molar-refractivity contribution in [3.63, 3.8) is 0 Å². The van der Waals surface area contributed by atoms with Crippen molar-refractivity contribution in [2.75, 3.05) is 13.2 Å². The molecule has 0 spiro atoms. The van der Waals surface area contributed by atoms with Crippen LogP contribution in [0.1, 0.15) is 84.5 Å². The molecule has 1 N–H and O–H groups in total. The molecular weight excluding hydrogens is 320 g/mol. The maximum absolute atomic E-state index is 12.1. The Bertz CT molecular complexity index is 396. The van der Waals surface area contributed by atoms with Gasteiger partial charge in [-0.25, -0.2) is 0 Å². The molecule has 5 heteroatoms. The first-order valence-corrected chi connectivity index (χ1v) is 10.1. The summed E-state index contributed by atoms with van der Waals surface area (Å²) < 4.78 is 16.9. The highest BCUT2D eigenvalue weighted by Crippen LogP contribution is 2.33. The number of esters is 1. The van der Waals surface area contributed by atoms with Gasteiger partial charge in [-0.3, -0.25) is 4.79 Å². The Morgan fingerprint density at radius 3 is 2.24 bits per heavy atom. The SMILES string of the molecule is CC1(C)OC[C@@H](C[C@H]2C[C@@H](CCCCCCCCCCO)OC2=O)O1. The smallest absolute Gasteiger partial charge is 0.309 e. The largest absolute Gasteiger partial charge is 0.462 e. The van der Waals surface area contributed by atoms with E-state index >= 15 is 0 Å². The molecule has 2 fully saturated rings. The number of aliphatic hydroxyl groups excluding tert-OH is 1. The molecule has 0 aliphatic carbocycles. The van der Waals surface area contributed by atoms with Crippen LogP contribution in [0.5, 0.6) is 0 Å². The molecule has 3 atom stereocenters. The zero-order valence-corrected chi connectivity index (χ0v) is 16.0. The van der Waals surface area contributed by atoms with Crippen molar-refractivity contribution in [3.8, 4) is 0 Å². The third kappa shape index (κ3) is 7.63. The molecule has 2 aliphatic heterocycles. The number of hydrogen-bond acceptors (Lipinski definition) is 5. The predicted octanol–water partition coefficient (Wildman–Crippen LogP) is 3.96. The molecule has 0 radical (unpaired) electrons. The third-order valence-electron chi connectivity index (χ3n) is 5.21. The maximum Gasteiger partial charge on any atom is 0.309 e. The van der Waals surface area contributed by atoms with E-state index in [0.29, 0.717) is 19.6 Å². The van der Waals surface area contributed by atoms with Gasteiger partial charge in [0.1, 0.15) is 6.10 Å². The molecule has 146 valence electrons. The standard InChI is InChI=1S/C20H36O5/c1-20(2)23-15-18(25-20)14-16-13-17(24-19(16)22)11-9-7-5-3-4-6-8-10-12-21/h16-18,21H,3-15H2,1-2H3/t16-,17-,18-/m1/s1. The first kappa shape index (κ1) is 20.7. The summed E-state index contributed by atoms with van der Waals surface area (Å²) in [7, 11) is 0. The second-order valence-electron chi connectivity index (χ2n) is 8.02. The number of ether oxygens (including phenoxy) is 3. The topological polar surface area (TPSA) is 65.0 Å². The van der Waals surface area contributed by atoms with Crippen molar-refractivity contribution >= 4 is 5.97 Å². The van der Waals surface area contributed by atoms with E-state index in [0.717, 1.165) is 32.1 Å². The summed E-state index contributed by atoms with van der Waals surface area (Å²) in [5.74, 6) is -0.605. The normalized spacial score (nSPS) is 28.4. The second kappa shape index (κ2) is 10.5. The first-order valence-electron chi connectivity index (χ1n) is 10.1. The fraction of sp³-hybridized carbons (Fsp3) is 0.950. The lowest BCUT2D eigenvalue weighted by Crippen LogP contribution is -2.23. The molecule has 2 heterocycles. The van der Waals surface area contributed by atoms with Gasteiger partial charge >= 0.3 is 5.97 Å². The van der Waals surface area contributed by atoms with Crippen LogP contribution in [0.15, 0.2) is 0 Å². The van der Waals surface area contributed by atoms with E-state index in [9.17, 15) is 4.79 Å². The van der Waals surface area contributed by atoms with Gasteiger partial charge < -0.3 is 19.3 Å². The Morgan fingerprint density at radius 2 is 1.64 bits per heavy atom. The monoisotopic (exact) mass is 356 g/mol. The van der Waals surface area contributed by atoms with Crippen LogP contribution in [0.4, 0.5) is 0 Å². The second-order valence-corrected chi connectivity index (χ2v) is 8.02. The molecule has 0 unspecified atom stereocenters. The number of aliphatic hydroxyl groups is 1. The van der Waals surface area contributed by atoms with E-state index in [1.807, 2.05) is 13.8 Å². The van der Waals surface area contributed by atoms with Crippen molar-refractivity contribution in [1.82, 2.24) is 0 Å². The number of carbonyl (C=O) groups excluding carboxylic acids is 1. The van der Waals surface area contributed by atoms with E-state index < -0.39 is 5.79 Å². The highest BCUT2D eigenvalue weighted by molar-refractivity contribution is 5.74. The van der Waals surface area contributed by atoms with Crippen molar-refractivity contribution < 1.29 is 24.1 Å². The fourth-order valence-corrected chi connectivity index (χ4v) is 3.83. The van der Waals surface area contributed by atoms with E-state index in [2.05, 4.69) is 0 Å². The Balaban J connectivity index is 1.51. The maximum atomic E-state index is 12.1. The molecular formula is C20H36O5. The minimum Gasteiger partial charge on any atom is -0.462 e. The van der Waals surface area contributed by atoms with Crippen LogP contribution in [-0.2, 0) is 19.0 Å². The summed E-state index contributed by atoms with van der Waals surface area (Å²) in [5, 5.41) is 8.73. The van der Waals surface area contributed by atoms with Crippen molar-refractivity contribution in [2.45, 2.75) is 102 Å². The van der Waals surface area contributed by atoms with Crippen molar-refractivity contribution in [1.29, 1.82) is 0 Å². The first-order chi connectivity index (χ1) is 12.0. The summed E-state index contributed by atoms with van der Waals surface area (Å²) in [4.78, 5) is 12.1. The van der Waals surface area contributed by atoms with Crippen LogP contribution in [-0.4, -0.2) is 42.3 Å². The van der Waals surface area contributed by atoms with Crippen LogP contribution in [0, 0.1) is 5.92 Å². The number of rotatable bonds is 12. The summed E-state index contributed by atoms with van der Waals surface area (Å²) in [6.07, 6.45) is 12.1. The lowest BCUT2D eigenvalue weighted by molar-refractivity contribution is -0.149. The van der Waals surface area contributed by atoms with Gasteiger partial charge in [-0.15, -0.1) is 0 Å². The molecule has 0 saturated carbocycles. The quantitative estimate of drug-likeness (QED) is 0.423. The lowest BCUT2D eigenvalue weighted by atomic mass is 9.96. The van der Waals surface area contributed by atoms with Crippen LogP contribution in [0.2, 0.25) is 0 Å². The number of unbranched alkanes of at least 4 members (excludes halogenated alkanes) is 7. The molecule has 0 bridgehead atoms. The van der Waals surface area contributed by atoms with Gasteiger partial charge in [0.2, 0.25) is 0 Å². The zero-order valence-electron chi connectivity index (χ0n) is 16.0. The van der Waals surface area contributed by atoms with Crippen molar-refractivity contribution in [3.05, 3.63) is 0 Å². The van der Waals surface area contributed by atoms with Gasteiger partial charge in [-0.1, -0.05) is 38.5 Å². The minimum absolute atomic E-state index is 0.0112. The highest BCUT2D eigenvalue weighted by Gasteiger charge is 2.40. The van der Waals surface area contributed by atoms with E-state index in [-0.39, 0.29) is 24.1 Å². The molecule has 2 saturated heterocycles. The highest BCUT2D eigenvalue weighted by atomic mass is 16.7.